The Hall–Kier alpha value is -2.07. The lowest BCUT2D eigenvalue weighted by atomic mass is 10.2. The Kier molecular flexibility index (Phi) is 2.86. The first kappa shape index (κ1) is 11.0. The van der Waals surface area contributed by atoms with Gasteiger partial charge in [-0.05, 0) is 18.2 Å². The maximum Gasteiger partial charge on any atom is 0.0715 e. The van der Waals surface area contributed by atoms with Crippen molar-refractivity contribution in [1.82, 2.24) is 9.97 Å². The summed E-state index contributed by atoms with van der Waals surface area (Å²) in [4.78, 5) is 10.5. The van der Waals surface area contributed by atoms with Crippen molar-refractivity contribution in [3.8, 4) is 0 Å². The van der Waals surface area contributed by atoms with Gasteiger partial charge in [0, 0.05) is 27.6 Å². The molecule has 0 fully saturated rings. The molecule has 0 aliphatic carbocycles. The van der Waals surface area contributed by atoms with Crippen molar-refractivity contribution >= 4 is 28.4 Å². The highest BCUT2D eigenvalue weighted by molar-refractivity contribution is 7.99. The van der Waals surface area contributed by atoms with E-state index in [4.69, 9.17) is 5.73 Å². The van der Waals surface area contributed by atoms with Gasteiger partial charge in [-0.3, -0.25) is 9.97 Å². The number of benzene rings is 1. The fraction of sp³-hybridized carbons (Fsp3) is 0. The Morgan fingerprint density at radius 1 is 1.00 bits per heavy atom. The van der Waals surface area contributed by atoms with E-state index in [1.807, 2.05) is 36.4 Å². The van der Waals surface area contributed by atoms with Crippen molar-refractivity contribution in [1.29, 1.82) is 0 Å². The van der Waals surface area contributed by atoms with E-state index in [-0.39, 0.29) is 0 Å². The maximum atomic E-state index is 6.04. The number of hydrogen-bond donors (Lipinski definition) is 1. The van der Waals surface area contributed by atoms with Crippen LogP contribution in [0.1, 0.15) is 0 Å². The standard InChI is InChI=1S/C14H11N3S/c15-12-9-17-13-4-2-1-3-11(13)14(12)18-10-5-7-16-8-6-10/h1-9H,15H2. The summed E-state index contributed by atoms with van der Waals surface area (Å²) in [6.45, 7) is 0. The summed E-state index contributed by atoms with van der Waals surface area (Å²) < 4.78 is 0. The number of nitrogen functional groups attached to an aromatic ring is 1. The largest absolute Gasteiger partial charge is 0.397 e. The number of anilines is 1. The van der Waals surface area contributed by atoms with Crippen LogP contribution in [0.25, 0.3) is 10.9 Å². The zero-order valence-electron chi connectivity index (χ0n) is 9.58. The van der Waals surface area contributed by atoms with Crippen molar-refractivity contribution in [3.63, 3.8) is 0 Å². The second kappa shape index (κ2) is 4.66. The minimum Gasteiger partial charge on any atom is -0.397 e. The fourth-order valence-corrected chi connectivity index (χ4v) is 2.72. The Bertz CT molecular complexity index is 683. The SMILES string of the molecule is Nc1cnc2ccccc2c1Sc1ccncc1. The van der Waals surface area contributed by atoms with Crippen LogP contribution in [0.15, 0.2) is 64.8 Å². The van der Waals surface area contributed by atoms with E-state index in [1.165, 1.54) is 0 Å². The van der Waals surface area contributed by atoms with E-state index in [0.717, 1.165) is 20.7 Å². The van der Waals surface area contributed by atoms with E-state index in [9.17, 15) is 0 Å². The number of hydrogen-bond acceptors (Lipinski definition) is 4. The normalized spacial score (nSPS) is 10.7. The van der Waals surface area contributed by atoms with E-state index in [2.05, 4.69) is 9.97 Å². The highest BCUT2D eigenvalue weighted by atomic mass is 32.2. The topological polar surface area (TPSA) is 51.8 Å². The van der Waals surface area contributed by atoms with Crippen LogP contribution in [-0.2, 0) is 0 Å². The van der Waals surface area contributed by atoms with Crippen LogP contribution in [0, 0.1) is 0 Å². The highest BCUT2D eigenvalue weighted by Gasteiger charge is 2.07. The molecule has 0 spiro atoms. The van der Waals surface area contributed by atoms with Crippen molar-refractivity contribution < 1.29 is 0 Å². The van der Waals surface area contributed by atoms with Gasteiger partial charge in [0.15, 0.2) is 0 Å². The van der Waals surface area contributed by atoms with Crippen LogP contribution < -0.4 is 5.73 Å². The lowest BCUT2D eigenvalue weighted by molar-refractivity contribution is 1.26. The Morgan fingerprint density at radius 3 is 2.61 bits per heavy atom. The van der Waals surface area contributed by atoms with Crippen molar-refractivity contribution in [2.45, 2.75) is 9.79 Å². The molecule has 3 nitrogen and oxygen atoms in total. The van der Waals surface area contributed by atoms with Gasteiger partial charge in [0.1, 0.15) is 0 Å². The molecule has 18 heavy (non-hydrogen) atoms. The molecule has 3 rings (SSSR count). The molecule has 2 N–H and O–H groups in total. The molecule has 0 saturated carbocycles. The molecule has 2 heterocycles. The number of pyridine rings is 2. The summed E-state index contributed by atoms with van der Waals surface area (Å²) in [6.07, 6.45) is 5.27. The number of nitrogens with zero attached hydrogens (tertiary/aromatic N) is 2. The molecule has 0 atom stereocenters. The van der Waals surface area contributed by atoms with Gasteiger partial charge in [-0.15, -0.1) is 0 Å². The lowest BCUT2D eigenvalue weighted by Crippen LogP contribution is -1.92. The molecular weight excluding hydrogens is 242 g/mol. The Morgan fingerprint density at radius 2 is 1.78 bits per heavy atom. The van der Waals surface area contributed by atoms with Gasteiger partial charge in [0.05, 0.1) is 17.4 Å². The van der Waals surface area contributed by atoms with E-state index >= 15 is 0 Å². The van der Waals surface area contributed by atoms with Gasteiger partial charge in [-0.1, -0.05) is 30.0 Å². The first-order valence-electron chi connectivity index (χ1n) is 5.56. The summed E-state index contributed by atoms with van der Waals surface area (Å²) in [5.74, 6) is 0. The molecule has 0 radical (unpaired) electrons. The molecule has 0 amide bonds. The van der Waals surface area contributed by atoms with Crippen LogP contribution in [-0.4, -0.2) is 9.97 Å². The molecule has 0 saturated heterocycles. The van der Waals surface area contributed by atoms with Crippen LogP contribution in [0.3, 0.4) is 0 Å². The molecule has 1 aromatic carbocycles. The summed E-state index contributed by atoms with van der Waals surface area (Å²) in [6, 6.07) is 12.0. The van der Waals surface area contributed by atoms with Gasteiger partial charge >= 0.3 is 0 Å². The first-order valence-corrected chi connectivity index (χ1v) is 6.37. The van der Waals surface area contributed by atoms with Gasteiger partial charge in [-0.2, -0.15) is 0 Å². The fourth-order valence-electron chi connectivity index (χ4n) is 1.77. The second-order valence-electron chi connectivity index (χ2n) is 3.84. The van der Waals surface area contributed by atoms with Gasteiger partial charge in [0.2, 0.25) is 0 Å². The molecular formula is C14H11N3S. The minimum absolute atomic E-state index is 0.704. The zero-order valence-corrected chi connectivity index (χ0v) is 10.4. The third-order valence-electron chi connectivity index (χ3n) is 2.62. The predicted molar refractivity (Wildman–Crippen MR) is 74.5 cm³/mol. The zero-order chi connectivity index (χ0) is 12.4. The molecule has 88 valence electrons. The quantitative estimate of drug-likeness (QED) is 0.760. The second-order valence-corrected chi connectivity index (χ2v) is 4.93. The monoisotopic (exact) mass is 253 g/mol. The van der Waals surface area contributed by atoms with Gasteiger partial charge in [-0.25, -0.2) is 0 Å². The smallest absolute Gasteiger partial charge is 0.0715 e. The summed E-state index contributed by atoms with van der Waals surface area (Å²) in [5.41, 5.74) is 7.70. The van der Waals surface area contributed by atoms with Crippen LogP contribution >= 0.6 is 11.8 Å². The summed E-state index contributed by atoms with van der Waals surface area (Å²) in [5, 5.41) is 1.08. The highest BCUT2D eigenvalue weighted by Crippen LogP contribution is 2.36. The number of rotatable bonds is 2. The minimum atomic E-state index is 0.704. The van der Waals surface area contributed by atoms with Crippen molar-refractivity contribution in [3.05, 3.63) is 55.0 Å². The third-order valence-corrected chi connectivity index (χ3v) is 3.79. The third kappa shape index (κ3) is 2.02. The molecule has 0 bridgehead atoms. The Balaban J connectivity index is 2.13. The average Bonchev–Trinajstić information content (AvgIpc) is 2.43. The molecule has 0 unspecified atom stereocenters. The average molecular weight is 253 g/mol. The predicted octanol–water partition coefficient (Wildman–Crippen LogP) is 3.36. The van der Waals surface area contributed by atoms with Crippen molar-refractivity contribution in [2.75, 3.05) is 5.73 Å². The van der Waals surface area contributed by atoms with Crippen molar-refractivity contribution in [2.24, 2.45) is 0 Å². The van der Waals surface area contributed by atoms with Crippen LogP contribution in [0.5, 0.6) is 0 Å². The first-order chi connectivity index (χ1) is 8.84. The van der Waals surface area contributed by atoms with E-state index in [0.29, 0.717) is 5.69 Å². The lowest BCUT2D eigenvalue weighted by Gasteiger charge is -2.08. The van der Waals surface area contributed by atoms with Crippen LogP contribution in [0.4, 0.5) is 5.69 Å². The molecule has 4 heteroatoms. The van der Waals surface area contributed by atoms with Crippen LogP contribution in [0.2, 0.25) is 0 Å². The van der Waals surface area contributed by atoms with E-state index < -0.39 is 0 Å². The number of fused-ring (bicyclic) bond motifs is 1. The van der Waals surface area contributed by atoms with E-state index in [1.54, 1.807) is 30.4 Å². The number of aromatic nitrogens is 2. The van der Waals surface area contributed by atoms with Gasteiger partial charge in [0.25, 0.3) is 0 Å². The molecule has 0 aliphatic heterocycles. The molecule has 2 aromatic heterocycles. The Labute approximate surface area is 109 Å². The summed E-state index contributed by atoms with van der Waals surface area (Å²) in [7, 11) is 0. The number of para-hydroxylation sites is 1. The number of nitrogens with two attached hydrogens (primary N) is 1. The summed E-state index contributed by atoms with van der Waals surface area (Å²) >= 11 is 1.64. The maximum absolute atomic E-state index is 6.04. The molecule has 3 aromatic rings. The molecule has 0 aliphatic rings. The van der Waals surface area contributed by atoms with Gasteiger partial charge < -0.3 is 5.73 Å².